The van der Waals surface area contributed by atoms with Crippen LogP contribution >= 0.6 is 11.3 Å². The van der Waals surface area contributed by atoms with Crippen LogP contribution in [0.1, 0.15) is 18.9 Å². The highest BCUT2D eigenvalue weighted by atomic mass is 32.1. The third-order valence-electron chi connectivity index (χ3n) is 2.93. The molecule has 0 aliphatic carbocycles. The summed E-state index contributed by atoms with van der Waals surface area (Å²) in [4.78, 5) is 0. The minimum absolute atomic E-state index is 0.600. The van der Waals surface area contributed by atoms with Crippen LogP contribution in [0.15, 0.2) is 29.6 Å². The Morgan fingerprint density at radius 1 is 1.33 bits per heavy atom. The molecule has 0 radical (unpaired) electrons. The van der Waals surface area contributed by atoms with E-state index in [0.717, 1.165) is 6.42 Å². The molecule has 2 rings (SSSR count). The Morgan fingerprint density at radius 3 is 2.87 bits per heavy atom. The topological polar surface area (TPSA) is 12.0 Å². The fourth-order valence-corrected chi connectivity index (χ4v) is 2.88. The maximum absolute atomic E-state index is 3.36. The van der Waals surface area contributed by atoms with E-state index in [9.17, 15) is 0 Å². The van der Waals surface area contributed by atoms with Gasteiger partial charge in [0, 0.05) is 10.7 Å². The van der Waals surface area contributed by atoms with Crippen LogP contribution in [0.4, 0.5) is 0 Å². The molecule has 0 saturated carbocycles. The number of likely N-dealkylation sites (N-methyl/N-ethyl adjacent to an activating group) is 1. The van der Waals surface area contributed by atoms with Gasteiger partial charge in [-0.1, -0.05) is 25.1 Å². The predicted octanol–water partition coefficient (Wildman–Crippen LogP) is 3.44. The van der Waals surface area contributed by atoms with Crippen molar-refractivity contribution in [2.75, 3.05) is 7.05 Å². The summed E-state index contributed by atoms with van der Waals surface area (Å²) < 4.78 is 1.40. The van der Waals surface area contributed by atoms with Gasteiger partial charge in [0.15, 0.2) is 0 Å². The predicted molar refractivity (Wildman–Crippen MR) is 68.7 cm³/mol. The van der Waals surface area contributed by atoms with Crippen molar-refractivity contribution in [3.8, 4) is 0 Å². The van der Waals surface area contributed by atoms with E-state index in [0.29, 0.717) is 6.04 Å². The molecule has 0 aliphatic heterocycles. The molecule has 15 heavy (non-hydrogen) atoms. The van der Waals surface area contributed by atoms with Crippen molar-refractivity contribution < 1.29 is 0 Å². The summed E-state index contributed by atoms with van der Waals surface area (Å²) >= 11 is 1.85. The first-order chi connectivity index (χ1) is 7.35. The van der Waals surface area contributed by atoms with Gasteiger partial charge in [-0.15, -0.1) is 11.3 Å². The maximum Gasteiger partial charge on any atom is 0.0345 e. The average Bonchev–Trinajstić information content (AvgIpc) is 2.69. The summed E-state index contributed by atoms with van der Waals surface area (Å²) in [5.74, 6) is 0. The number of benzene rings is 1. The highest BCUT2D eigenvalue weighted by Crippen LogP contribution is 2.26. The minimum Gasteiger partial charge on any atom is -0.317 e. The third-order valence-corrected chi connectivity index (χ3v) is 3.94. The fraction of sp³-hybridized carbons (Fsp3) is 0.385. The van der Waals surface area contributed by atoms with E-state index < -0.39 is 0 Å². The monoisotopic (exact) mass is 219 g/mol. The zero-order valence-electron chi connectivity index (χ0n) is 9.29. The Balaban J connectivity index is 2.28. The highest BCUT2D eigenvalue weighted by molar-refractivity contribution is 7.17. The van der Waals surface area contributed by atoms with Crippen molar-refractivity contribution >= 4 is 21.4 Å². The smallest absolute Gasteiger partial charge is 0.0345 e. The number of hydrogen-bond acceptors (Lipinski definition) is 2. The molecule has 1 N–H and O–H groups in total. The summed E-state index contributed by atoms with van der Waals surface area (Å²) in [5.41, 5.74) is 1.48. The molecule has 80 valence electrons. The SMILES string of the molecule is CCC(Cc1csc2ccccc12)NC. The van der Waals surface area contributed by atoms with Crippen LogP contribution in [-0.2, 0) is 6.42 Å². The van der Waals surface area contributed by atoms with E-state index in [2.05, 4.69) is 41.9 Å². The van der Waals surface area contributed by atoms with E-state index >= 15 is 0 Å². The second kappa shape index (κ2) is 4.77. The molecule has 1 heterocycles. The summed E-state index contributed by atoms with van der Waals surface area (Å²) in [7, 11) is 2.04. The van der Waals surface area contributed by atoms with Gasteiger partial charge in [0.2, 0.25) is 0 Å². The van der Waals surface area contributed by atoms with Crippen molar-refractivity contribution in [3.63, 3.8) is 0 Å². The van der Waals surface area contributed by atoms with Crippen LogP contribution in [-0.4, -0.2) is 13.1 Å². The summed E-state index contributed by atoms with van der Waals surface area (Å²) in [6.45, 7) is 2.23. The number of nitrogens with one attached hydrogen (secondary N) is 1. The van der Waals surface area contributed by atoms with Gasteiger partial charge in [-0.3, -0.25) is 0 Å². The van der Waals surface area contributed by atoms with Crippen molar-refractivity contribution in [2.45, 2.75) is 25.8 Å². The first kappa shape index (κ1) is 10.7. The minimum atomic E-state index is 0.600. The Bertz CT molecular complexity index is 429. The van der Waals surface area contributed by atoms with Crippen LogP contribution in [0.25, 0.3) is 10.1 Å². The third kappa shape index (κ3) is 2.21. The van der Waals surface area contributed by atoms with Gasteiger partial charge >= 0.3 is 0 Å². The van der Waals surface area contributed by atoms with E-state index in [1.54, 1.807) is 0 Å². The molecule has 1 aromatic carbocycles. The largest absolute Gasteiger partial charge is 0.317 e. The van der Waals surface area contributed by atoms with E-state index in [-0.39, 0.29) is 0 Å². The van der Waals surface area contributed by atoms with Crippen molar-refractivity contribution in [3.05, 3.63) is 35.2 Å². The lowest BCUT2D eigenvalue weighted by Crippen LogP contribution is -2.26. The lowest BCUT2D eigenvalue weighted by molar-refractivity contribution is 0.545. The second-order valence-corrected chi connectivity index (χ2v) is 4.77. The highest BCUT2D eigenvalue weighted by Gasteiger charge is 2.08. The van der Waals surface area contributed by atoms with E-state index in [1.807, 2.05) is 18.4 Å². The Morgan fingerprint density at radius 2 is 2.13 bits per heavy atom. The molecule has 1 nitrogen and oxygen atoms in total. The van der Waals surface area contributed by atoms with Crippen LogP contribution < -0.4 is 5.32 Å². The van der Waals surface area contributed by atoms with Crippen LogP contribution in [0.2, 0.25) is 0 Å². The number of rotatable bonds is 4. The molecule has 0 aliphatic rings. The molecule has 0 fully saturated rings. The molecule has 2 aromatic rings. The number of thiophene rings is 1. The quantitative estimate of drug-likeness (QED) is 0.830. The summed E-state index contributed by atoms with van der Waals surface area (Å²) in [5, 5.41) is 7.08. The first-order valence-corrected chi connectivity index (χ1v) is 6.35. The second-order valence-electron chi connectivity index (χ2n) is 3.86. The lowest BCUT2D eigenvalue weighted by Gasteiger charge is -2.12. The first-order valence-electron chi connectivity index (χ1n) is 5.47. The van der Waals surface area contributed by atoms with Gasteiger partial charge in [0.1, 0.15) is 0 Å². The van der Waals surface area contributed by atoms with E-state index in [1.165, 1.54) is 22.1 Å². The zero-order chi connectivity index (χ0) is 10.7. The summed E-state index contributed by atoms with van der Waals surface area (Å²) in [6.07, 6.45) is 2.32. The van der Waals surface area contributed by atoms with Gasteiger partial charge in [-0.05, 0) is 42.3 Å². The molecule has 1 unspecified atom stereocenters. The Hall–Kier alpha value is -0.860. The molecule has 1 aromatic heterocycles. The van der Waals surface area contributed by atoms with Crippen molar-refractivity contribution in [1.82, 2.24) is 5.32 Å². The van der Waals surface area contributed by atoms with Crippen LogP contribution in [0, 0.1) is 0 Å². The van der Waals surface area contributed by atoms with Crippen LogP contribution in [0.5, 0.6) is 0 Å². The van der Waals surface area contributed by atoms with Gasteiger partial charge in [-0.2, -0.15) is 0 Å². The van der Waals surface area contributed by atoms with Gasteiger partial charge in [0.05, 0.1) is 0 Å². The molecule has 1 atom stereocenters. The number of hydrogen-bond donors (Lipinski definition) is 1. The average molecular weight is 219 g/mol. The standard InChI is InChI=1S/C13H17NS/c1-3-11(14-2)8-10-9-15-13-7-5-4-6-12(10)13/h4-7,9,11,14H,3,8H2,1-2H3. The fourth-order valence-electron chi connectivity index (χ4n) is 1.91. The molecule has 2 heteroatoms. The lowest BCUT2D eigenvalue weighted by atomic mass is 10.0. The zero-order valence-corrected chi connectivity index (χ0v) is 10.1. The summed E-state index contributed by atoms with van der Waals surface area (Å²) in [6, 6.07) is 9.26. The molecule has 0 bridgehead atoms. The molecule has 0 amide bonds. The normalized spacial score (nSPS) is 13.2. The van der Waals surface area contributed by atoms with Gasteiger partial charge in [-0.25, -0.2) is 0 Å². The molecular formula is C13H17NS. The van der Waals surface area contributed by atoms with E-state index in [4.69, 9.17) is 0 Å². The number of fused-ring (bicyclic) bond motifs is 1. The van der Waals surface area contributed by atoms with Crippen molar-refractivity contribution in [2.24, 2.45) is 0 Å². The van der Waals surface area contributed by atoms with Gasteiger partial charge < -0.3 is 5.32 Å². The maximum atomic E-state index is 3.36. The Kier molecular flexibility index (Phi) is 3.39. The van der Waals surface area contributed by atoms with Crippen LogP contribution in [0.3, 0.4) is 0 Å². The molecular weight excluding hydrogens is 202 g/mol. The molecule has 0 saturated heterocycles. The molecule has 0 spiro atoms. The van der Waals surface area contributed by atoms with Gasteiger partial charge in [0.25, 0.3) is 0 Å². The van der Waals surface area contributed by atoms with Crippen molar-refractivity contribution in [1.29, 1.82) is 0 Å². The Labute approximate surface area is 95.1 Å².